The smallest absolute Gasteiger partial charge is 0.328 e. The van der Waals surface area contributed by atoms with E-state index in [0.29, 0.717) is 34.2 Å². The molecular weight excluding hydrogens is 413 g/mol. The molecule has 4 aromatic rings. The lowest BCUT2D eigenvalue weighted by molar-refractivity contribution is 0.301. The summed E-state index contributed by atoms with van der Waals surface area (Å²) in [6.45, 7) is 2.38. The Bertz CT molecular complexity index is 1200. The maximum Gasteiger partial charge on any atom is 0.328 e. The third kappa shape index (κ3) is 4.13. The van der Waals surface area contributed by atoms with Crippen LogP contribution in [0.1, 0.15) is 13.3 Å². The van der Waals surface area contributed by atoms with Crippen LogP contribution < -0.4 is 14.2 Å². The Hall–Kier alpha value is -3.39. The second kappa shape index (κ2) is 8.54. The number of benzene rings is 2. The number of fused-ring (bicyclic) bond motifs is 1. The molecule has 0 spiro atoms. The fourth-order valence-electron chi connectivity index (χ4n) is 2.69. The molecule has 9 heteroatoms. The summed E-state index contributed by atoms with van der Waals surface area (Å²) >= 11 is 5.99. The van der Waals surface area contributed by atoms with Gasteiger partial charge in [0.25, 0.3) is 11.6 Å². The van der Waals surface area contributed by atoms with Crippen molar-refractivity contribution in [1.29, 1.82) is 0 Å². The van der Waals surface area contributed by atoms with Gasteiger partial charge in [0, 0.05) is 16.7 Å². The molecule has 2 aromatic carbocycles. The number of rotatable bonds is 7. The predicted molar refractivity (Wildman–Crippen MR) is 109 cm³/mol. The Kier molecular flexibility index (Phi) is 5.67. The van der Waals surface area contributed by atoms with Crippen molar-refractivity contribution in [3.05, 3.63) is 53.3 Å². The van der Waals surface area contributed by atoms with Gasteiger partial charge in [-0.15, -0.1) is 0 Å². The molecule has 30 heavy (non-hydrogen) atoms. The first-order valence-corrected chi connectivity index (χ1v) is 9.54. The number of oxazole rings is 1. The van der Waals surface area contributed by atoms with Gasteiger partial charge in [-0.05, 0) is 36.8 Å². The maximum atomic E-state index is 13.6. The van der Waals surface area contributed by atoms with Crippen molar-refractivity contribution in [2.45, 2.75) is 13.3 Å². The number of hydrogen-bond acceptors (Lipinski definition) is 7. The zero-order valence-electron chi connectivity index (χ0n) is 16.2. The summed E-state index contributed by atoms with van der Waals surface area (Å²) < 4.78 is 36.1. The number of hydrogen-bond donors (Lipinski definition) is 0. The van der Waals surface area contributed by atoms with Gasteiger partial charge in [-0.3, -0.25) is 0 Å². The van der Waals surface area contributed by atoms with Crippen molar-refractivity contribution in [1.82, 2.24) is 15.0 Å². The SMILES string of the molecule is CCCOc1nc(Oc2ccc(Cl)cc2OC)nc2oc(-c3cccc(F)c3)nc12. The normalized spacial score (nSPS) is 10.9. The van der Waals surface area contributed by atoms with Gasteiger partial charge in [0.1, 0.15) is 5.82 Å². The highest BCUT2D eigenvalue weighted by molar-refractivity contribution is 6.30. The predicted octanol–water partition coefficient (Wildman–Crippen LogP) is 5.67. The first-order chi connectivity index (χ1) is 14.6. The van der Waals surface area contributed by atoms with Crippen molar-refractivity contribution >= 4 is 22.8 Å². The van der Waals surface area contributed by atoms with Crippen LogP contribution in [0.5, 0.6) is 23.4 Å². The highest BCUT2D eigenvalue weighted by Gasteiger charge is 2.19. The van der Waals surface area contributed by atoms with Gasteiger partial charge in [-0.2, -0.15) is 9.97 Å². The number of nitrogens with zero attached hydrogens (tertiary/aromatic N) is 3. The van der Waals surface area contributed by atoms with E-state index in [1.165, 1.54) is 19.2 Å². The number of ether oxygens (including phenoxy) is 3. The molecule has 2 aromatic heterocycles. The van der Waals surface area contributed by atoms with Crippen LogP contribution in [-0.4, -0.2) is 28.7 Å². The maximum absolute atomic E-state index is 13.6. The van der Waals surface area contributed by atoms with Gasteiger partial charge >= 0.3 is 6.01 Å². The highest BCUT2D eigenvalue weighted by Crippen LogP contribution is 2.35. The number of methoxy groups -OCH3 is 1. The molecule has 4 rings (SSSR count). The van der Waals surface area contributed by atoms with Crippen LogP contribution >= 0.6 is 11.6 Å². The summed E-state index contributed by atoms with van der Waals surface area (Å²) in [5.41, 5.74) is 0.938. The molecule has 0 aliphatic rings. The van der Waals surface area contributed by atoms with E-state index >= 15 is 0 Å². The Balaban J connectivity index is 1.77. The van der Waals surface area contributed by atoms with E-state index in [9.17, 15) is 4.39 Å². The Labute approximate surface area is 176 Å². The Morgan fingerprint density at radius 3 is 2.70 bits per heavy atom. The van der Waals surface area contributed by atoms with E-state index in [-0.39, 0.29) is 23.5 Å². The standard InChI is InChI=1S/C21H17ClFN3O4/c1-3-9-28-19-17-20(30-18(24-17)12-5-4-6-14(23)10-12)26-21(25-19)29-15-8-7-13(22)11-16(15)27-2/h4-8,10-11H,3,9H2,1-2H3. The molecule has 0 saturated heterocycles. The van der Waals surface area contributed by atoms with Crippen LogP contribution in [0.2, 0.25) is 5.02 Å². The Morgan fingerprint density at radius 2 is 1.93 bits per heavy atom. The molecule has 0 saturated carbocycles. The van der Waals surface area contributed by atoms with E-state index in [1.807, 2.05) is 6.92 Å². The van der Waals surface area contributed by atoms with E-state index in [1.54, 1.807) is 30.3 Å². The van der Waals surface area contributed by atoms with Crippen molar-refractivity contribution < 1.29 is 23.0 Å². The lowest BCUT2D eigenvalue weighted by Gasteiger charge is -2.10. The zero-order chi connectivity index (χ0) is 21.1. The fraction of sp³-hybridized carbons (Fsp3) is 0.190. The number of aromatic nitrogens is 3. The van der Waals surface area contributed by atoms with Crippen LogP contribution in [0.25, 0.3) is 22.7 Å². The minimum Gasteiger partial charge on any atom is -0.493 e. The van der Waals surface area contributed by atoms with Crippen LogP contribution in [0, 0.1) is 5.82 Å². The molecule has 0 radical (unpaired) electrons. The molecule has 0 amide bonds. The summed E-state index contributed by atoms with van der Waals surface area (Å²) in [7, 11) is 1.50. The van der Waals surface area contributed by atoms with E-state index in [2.05, 4.69) is 15.0 Å². The molecule has 7 nitrogen and oxygen atoms in total. The molecular formula is C21H17ClFN3O4. The van der Waals surface area contributed by atoms with Crippen molar-refractivity contribution in [2.24, 2.45) is 0 Å². The average Bonchev–Trinajstić information content (AvgIpc) is 3.17. The van der Waals surface area contributed by atoms with Gasteiger partial charge in [0.05, 0.1) is 13.7 Å². The summed E-state index contributed by atoms with van der Waals surface area (Å²) in [6.07, 6.45) is 0.765. The quantitative estimate of drug-likeness (QED) is 0.374. The minimum atomic E-state index is -0.401. The second-order valence-corrected chi connectivity index (χ2v) is 6.68. The third-order valence-electron chi connectivity index (χ3n) is 4.05. The molecule has 2 heterocycles. The molecule has 154 valence electrons. The van der Waals surface area contributed by atoms with E-state index < -0.39 is 5.82 Å². The summed E-state index contributed by atoms with van der Waals surface area (Å²) in [6, 6.07) is 10.8. The first kappa shape index (κ1) is 19.9. The molecule has 0 atom stereocenters. The van der Waals surface area contributed by atoms with Gasteiger partial charge < -0.3 is 18.6 Å². The highest BCUT2D eigenvalue weighted by atomic mass is 35.5. The molecule has 0 aliphatic heterocycles. The zero-order valence-corrected chi connectivity index (χ0v) is 16.9. The summed E-state index contributed by atoms with van der Waals surface area (Å²) in [4.78, 5) is 13.0. The number of halogens is 2. The van der Waals surface area contributed by atoms with Gasteiger partial charge in [-0.25, -0.2) is 9.37 Å². The Morgan fingerprint density at radius 1 is 1.07 bits per heavy atom. The average molecular weight is 430 g/mol. The van der Waals surface area contributed by atoms with E-state index in [0.717, 1.165) is 6.42 Å². The lowest BCUT2D eigenvalue weighted by Crippen LogP contribution is -2.01. The summed E-state index contributed by atoms with van der Waals surface area (Å²) in [5.74, 6) is 0.785. The molecule has 0 fully saturated rings. The molecule has 0 unspecified atom stereocenters. The van der Waals surface area contributed by atoms with Crippen molar-refractivity contribution in [2.75, 3.05) is 13.7 Å². The monoisotopic (exact) mass is 429 g/mol. The van der Waals surface area contributed by atoms with E-state index in [4.69, 9.17) is 30.2 Å². The third-order valence-corrected chi connectivity index (χ3v) is 4.28. The molecule has 0 N–H and O–H groups in total. The van der Waals surface area contributed by atoms with Crippen LogP contribution in [0.15, 0.2) is 46.9 Å². The molecule has 0 bridgehead atoms. The molecule has 0 aliphatic carbocycles. The largest absolute Gasteiger partial charge is 0.493 e. The second-order valence-electron chi connectivity index (χ2n) is 6.24. The van der Waals surface area contributed by atoms with Crippen LogP contribution in [-0.2, 0) is 0 Å². The van der Waals surface area contributed by atoms with Crippen molar-refractivity contribution in [3.63, 3.8) is 0 Å². The van der Waals surface area contributed by atoms with Gasteiger partial charge in [-0.1, -0.05) is 24.6 Å². The lowest BCUT2D eigenvalue weighted by atomic mass is 10.2. The van der Waals surface area contributed by atoms with Gasteiger partial charge in [0.2, 0.25) is 5.89 Å². The minimum absolute atomic E-state index is 0.0174. The van der Waals surface area contributed by atoms with Crippen LogP contribution in [0.4, 0.5) is 4.39 Å². The van der Waals surface area contributed by atoms with Crippen LogP contribution in [0.3, 0.4) is 0 Å². The topological polar surface area (TPSA) is 79.5 Å². The van der Waals surface area contributed by atoms with Crippen molar-refractivity contribution in [3.8, 4) is 34.8 Å². The fourth-order valence-corrected chi connectivity index (χ4v) is 2.86. The van der Waals surface area contributed by atoms with Gasteiger partial charge in [0.15, 0.2) is 17.0 Å². The summed E-state index contributed by atoms with van der Waals surface area (Å²) in [5, 5.41) is 0.498. The first-order valence-electron chi connectivity index (χ1n) is 9.16.